The third-order valence-corrected chi connectivity index (χ3v) is 8.23. The zero-order valence-corrected chi connectivity index (χ0v) is 22.4. The van der Waals surface area contributed by atoms with Crippen LogP contribution in [0.15, 0.2) is 36.7 Å². The van der Waals surface area contributed by atoms with E-state index in [2.05, 4.69) is 29.0 Å². The van der Waals surface area contributed by atoms with E-state index in [1.807, 2.05) is 16.7 Å². The first-order valence-electron chi connectivity index (χ1n) is 13.2. The van der Waals surface area contributed by atoms with Crippen LogP contribution in [0.25, 0.3) is 16.7 Å². The number of anilines is 2. The number of hydrogen-bond donors (Lipinski definition) is 2. The van der Waals surface area contributed by atoms with E-state index in [1.54, 1.807) is 20.2 Å². The number of nitrogens with one attached hydrogen (secondary N) is 1. The zero-order chi connectivity index (χ0) is 27.7. The average Bonchev–Trinajstić information content (AvgIpc) is 3.36. The molecule has 3 N–H and O–H groups in total. The maximum atomic E-state index is 13.4. The summed E-state index contributed by atoms with van der Waals surface area (Å²) in [6.07, 6.45) is 2.01. The maximum absolute atomic E-state index is 13.4. The molecule has 7 rings (SSSR count). The predicted molar refractivity (Wildman–Crippen MR) is 143 cm³/mol. The first kappa shape index (κ1) is 25.8. The number of benzene rings is 1. The lowest BCUT2D eigenvalue weighted by atomic mass is 9.67. The molecule has 3 aliphatic rings. The first-order chi connectivity index (χ1) is 18.5. The number of nitrogens with two attached hydrogens (primary N) is 1. The summed E-state index contributed by atoms with van der Waals surface area (Å²) in [6, 6.07) is 6.98. The van der Waals surface area contributed by atoms with E-state index in [0.717, 1.165) is 48.0 Å². The number of fused-ring (bicyclic) bond motifs is 5. The minimum Gasteiger partial charge on any atom is -0.399 e. The highest BCUT2D eigenvalue weighted by Gasteiger charge is 2.54. The second-order valence-electron chi connectivity index (χ2n) is 11.0. The Hall–Kier alpha value is -3.44. The van der Waals surface area contributed by atoms with Crippen LogP contribution in [0.4, 0.5) is 24.7 Å². The van der Waals surface area contributed by atoms with E-state index in [1.165, 1.54) is 6.07 Å². The van der Waals surface area contributed by atoms with Crippen LogP contribution in [0, 0.1) is 6.92 Å². The van der Waals surface area contributed by atoms with Gasteiger partial charge in [0, 0.05) is 55.4 Å². The zero-order valence-electron chi connectivity index (χ0n) is 22.4. The smallest absolute Gasteiger partial charge is 0.399 e. The van der Waals surface area contributed by atoms with Crippen molar-refractivity contribution >= 4 is 28.2 Å². The number of halogens is 3. The lowest BCUT2D eigenvalue weighted by molar-refractivity contribution is -0.165. The molecule has 1 aliphatic carbocycles. The molecule has 39 heavy (non-hydrogen) atoms. The maximum Gasteiger partial charge on any atom is 0.416 e. The molecule has 1 aromatic carbocycles. The van der Waals surface area contributed by atoms with Gasteiger partial charge in [0.15, 0.2) is 5.65 Å². The van der Waals surface area contributed by atoms with Gasteiger partial charge >= 0.3 is 6.18 Å². The van der Waals surface area contributed by atoms with Crippen LogP contribution >= 0.6 is 0 Å². The Bertz CT molecular complexity index is 1550. The SMILES string of the molecule is COC1(c2cc3c(NCc4cc(N)cc(C(F)(F)F)c4)nc(C)nc3n3ccnc23)CC2CC(C1)N2C(C)C. The Balaban J connectivity index is 1.43. The summed E-state index contributed by atoms with van der Waals surface area (Å²) >= 11 is 0. The van der Waals surface area contributed by atoms with E-state index in [9.17, 15) is 13.2 Å². The van der Waals surface area contributed by atoms with E-state index in [0.29, 0.717) is 41.0 Å². The summed E-state index contributed by atoms with van der Waals surface area (Å²) in [7, 11) is 1.76. The lowest BCUT2D eigenvalue weighted by Gasteiger charge is -2.60. The second kappa shape index (κ2) is 9.06. The number of rotatable bonds is 6. The molecule has 2 unspecified atom stereocenters. The minimum atomic E-state index is -4.48. The van der Waals surface area contributed by atoms with Crippen LogP contribution < -0.4 is 11.1 Å². The Morgan fingerprint density at radius 2 is 1.87 bits per heavy atom. The third-order valence-electron chi connectivity index (χ3n) is 8.23. The Labute approximate surface area is 224 Å². The molecule has 2 bridgehead atoms. The van der Waals surface area contributed by atoms with Gasteiger partial charge in [0.2, 0.25) is 0 Å². The van der Waals surface area contributed by atoms with Crippen molar-refractivity contribution in [3.8, 4) is 0 Å². The topological polar surface area (TPSA) is 93.6 Å². The van der Waals surface area contributed by atoms with Gasteiger partial charge in [-0.05, 0) is 69.9 Å². The van der Waals surface area contributed by atoms with Crippen molar-refractivity contribution in [1.82, 2.24) is 24.3 Å². The molecule has 8 nitrogen and oxygen atoms in total. The molecule has 2 aliphatic heterocycles. The molecule has 4 aromatic rings. The summed E-state index contributed by atoms with van der Waals surface area (Å²) in [6.45, 7) is 6.37. The van der Waals surface area contributed by atoms with Crippen LogP contribution in [0.3, 0.4) is 0 Å². The van der Waals surface area contributed by atoms with Crippen LogP contribution in [-0.2, 0) is 23.1 Å². The van der Waals surface area contributed by atoms with E-state index in [-0.39, 0.29) is 12.2 Å². The summed E-state index contributed by atoms with van der Waals surface area (Å²) in [5.74, 6) is 1.06. The van der Waals surface area contributed by atoms with Crippen molar-refractivity contribution in [3.05, 3.63) is 59.2 Å². The molecule has 5 heterocycles. The van der Waals surface area contributed by atoms with Gasteiger partial charge in [-0.25, -0.2) is 15.0 Å². The molecule has 0 spiro atoms. The Morgan fingerprint density at radius 3 is 2.54 bits per heavy atom. The monoisotopic (exact) mass is 539 g/mol. The molecule has 2 atom stereocenters. The van der Waals surface area contributed by atoms with Crippen LogP contribution in [0.2, 0.25) is 0 Å². The van der Waals surface area contributed by atoms with Crippen molar-refractivity contribution in [3.63, 3.8) is 0 Å². The number of aryl methyl sites for hydroxylation is 1. The van der Waals surface area contributed by atoms with Gasteiger partial charge in [-0.3, -0.25) is 9.30 Å². The average molecular weight is 540 g/mol. The van der Waals surface area contributed by atoms with Crippen molar-refractivity contribution in [1.29, 1.82) is 0 Å². The molecular formula is C28H32F3N7O. The molecule has 3 aromatic heterocycles. The van der Waals surface area contributed by atoms with Crippen LogP contribution in [0.5, 0.6) is 0 Å². The third kappa shape index (κ3) is 4.28. The molecule has 11 heteroatoms. The summed E-state index contributed by atoms with van der Waals surface area (Å²) in [5.41, 5.74) is 7.38. The lowest BCUT2D eigenvalue weighted by Crippen LogP contribution is -2.66. The highest BCUT2D eigenvalue weighted by atomic mass is 19.4. The second-order valence-corrected chi connectivity index (χ2v) is 11.0. The molecule has 0 radical (unpaired) electrons. The number of piperidine rings is 1. The highest BCUT2D eigenvalue weighted by Crippen LogP contribution is 2.52. The van der Waals surface area contributed by atoms with Crippen molar-refractivity contribution in [2.45, 2.75) is 76.5 Å². The van der Waals surface area contributed by atoms with Gasteiger partial charge in [-0.15, -0.1) is 0 Å². The molecule has 0 amide bonds. The van der Waals surface area contributed by atoms with Crippen LogP contribution in [-0.4, -0.2) is 49.5 Å². The Kier molecular flexibility index (Phi) is 5.99. The van der Waals surface area contributed by atoms with Gasteiger partial charge < -0.3 is 15.8 Å². The van der Waals surface area contributed by atoms with Gasteiger partial charge in [-0.1, -0.05) is 0 Å². The first-order valence-corrected chi connectivity index (χ1v) is 13.2. The molecule has 2 saturated heterocycles. The number of hydrogen-bond acceptors (Lipinski definition) is 7. The quantitative estimate of drug-likeness (QED) is 0.322. The number of pyridine rings is 1. The summed E-state index contributed by atoms with van der Waals surface area (Å²) < 4.78 is 48.3. The number of aromatic nitrogens is 4. The normalized spacial score (nSPS) is 23.5. The molecule has 1 saturated carbocycles. The van der Waals surface area contributed by atoms with Crippen molar-refractivity contribution in [2.24, 2.45) is 0 Å². The minimum absolute atomic E-state index is 0.0566. The number of imidazole rings is 1. The van der Waals surface area contributed by atoms with Gasteiger partial charge in [-0.2, -0.15) is 13.2 Å². The predicted octanol–water partition coefficient (Wildman–Crippen LogP) is 5.29. The van der Waals surface area contributed by atoms with Gasteiger partial charge in [0.1, 0.15) is 17.3 Å². The van der Waals surface area contributed by atoms with Crippen molar-refractivity contribution < 1.29 is 17.9 Å². The van der Waals surface area contributed by atoms with Crippen LogP contribution in [0.1, 0.15) is 55.6 Å². The standard InChI is InChI=1S/C28H32F3N7O/c1-15(2)38-20-10-21(38)13-27(12-20,39-4)23-11-22-24(35-16(3)36-25(22)37-6-5-33-26(23)37)34-14-17-7-18(28(29,30)31)9-19(32)8-17/h5-9,11,15,20-21H,10,12-14,32H2,1-4H3,(H,34,35,36). The van der Waals surface area contributed by atoms with E-state index >= 15 is 0 Å². The molecule has 206 valence electrons. The largest absolute Gasteiger partial charge is 0.416 e. The fourth-order valence-electron chi connectivity index (χ4n) is 6.68. The number of alkyl halides is 3. The fourth-order valence-corrected chi connectivity index (χ4v) is 6.68. The van der Waals surface area contributed by atoms with E-state index in [4.69, 9.17) is 20.4 Å². The fraction of sp³-hybridized carbons (Fsp3) is 0.464. The summed E-state index contributed by atoms with van der Waals surface area (Å²) in [4.78, 5) is 16.6. The van der Waals surface area contributed by atoms with Gasteiger partial charge in [0.25, 0.3) is 0 Å². The molecular weight excluding hydrogens is 507 g/mol. The van der Waals surface area contributed by atoms with Crippen molar-refractivity contribution in [2.75, 3.05) is 18.2 Å². The van der Waals surface area contributed by atoms with E-state index < -0.39 is 17.3 Å². The number of methoxy groups -OCH3 is 1. The number of nitrogen functional groups attached to an aromatic ring is 1. The molecule has 3 fully saturated rings. The highest BCUT2D eigenvalue weighted by molar-refractivity contribution is 5.90. The number of nitrogens with zero attached hydrogens (tertiary/aromatic N) is 5. The Morgan fingerprint density at radius 1 is 1.13 bits per heavy atom. The number of ether oxygens (including phenoxy) is 1. The van der Waals surface area contributed by atoms with Gasteiger partial charge in [0.05, 0.1) is 16.6 Å². The summed E-state index contributed by atoms with van der Waals surface area (Å²) in [5, 5.41) is 4.00.